The Hall–Kier alpha value is 0.420. The van der Waals surface area contributed by atoms with Gasteiger partial charge in [0.05, 0.1) is 0 Å². The van der Waals surface area contributed by atoms with E-state index in [1.165, 1.54) is 0 Å². The zero-order chi connectivity index (χ0) is 8.41. The fourth-order valence-electron chi connectivity index (χ4n) is 0.300. The van der Waals surface area contributed by atoms with E-state index in [1.54, 1.807) is 0 Å². The van der Waals surface area contributed by atoms with Gasteiger partial charge in [-0.05, 0) is 40.0 Å². The van der Waals surface area contributed by atoms with Crippen LogP contribution in [0, 0.1) is 0 Å². The Morgan fingerprint density at radius 2 is 0.800 bits per heavy atom. The lowest BCUT2D eigenvalue weighted by atomic mass is 11.3. The molecule has 0 fully saturated rings. The molecule has 2 heteroatoms. The molecule has 0 amide bonds. The molecule has 0 unspecified atom stereocenters. The lowest BCUT2D eigenvalue weighted by Crippen LogP contribution is -1.74. The standard InChI is InChI=1S/C8H18P2/c1-9(2,3)7-8-10(4,5)6/h1-6H3. The first kappa shape index (κ1) is 10.4. The van der Waals surface area contributed by atoms with E-state index in [0.29, 0.717) is 0 Å². The van der Waals surface area contributed by atoms with Crippen LogP contribution in [-0.2, 0) is 0 Å². The molecule has 0 aliphatic carbocycles. The minimum absolute atomic E-state index is 0.845. The molecule has 0 aromatic rings. The van der Waals surface area contributed by atoms with Crippen LogP contribution in [0.25, 0.3) is 0 Å². The number of rotatable bonds is 0. The van der Waals surface area contributed by atoms with Gasteiger partial charge in [-0.3, -0.25) is 0 Å². The maximum absolute atomic E-state index is 3.37. The van der Waals surface area contributed by atoms with Crippen molar-refractivity contribution in [2.45, 2.75) is 0 Å². The van der Waals surface area contributed by atoms with Crippen molar-refractivity contribution in [3.8, 4) is 0 Å². The summed E-state index contributed by atoms with van der Waals surface area (Å²) in [5.74, 6) is 0. The molecule has 0 N–H and O–H groups in total. The maximum atomic E-state index is 3.37. The fraction of sp³-hybridized carbons (Fsp3) is 0.750. The summed E-state index contributed by atoms with van der Waals surface area (Å²) in [5.41, 5.74) is 6.74. The molecule has 0 aliphatic rings. The molecule has 0 aromatic heterocycles. The van der Waals surface area contributed by atoms with Gasteiger partial charge < -0.3 is 0 Å². The minimum Gasteiger partial charge on any atom is -0.0783 e. The van der Waals surface area contributed by atoms with Crippen LogP contribution in [0.15, 0.2) is 0 Å². The van der Waals surface area contributed by atoms with Crippen molar-refractivity contribution in [1.82, 2.24) is 0 Å². The Morgan fingerprint density at radius 3 is 0.900 bits per heavy atom. The summed E-state index contributed by atoms with van der Waals surface area (Å²) in [6, 6.07) is 0. The lowest BCUT2D eigenvalue weighted by Gasteiger charge is -2.00. The third kappa shape index (κ3) is 8.42. The lowest BCUT2D eigenvalue weighted by molar-refractivity contribution is 2.10. The highest BCUT2D eigenvalue weighted by Crippen LogP contribution is 2.32. The van der Waals surface area contributed by atoms with Crippen molar-refractivity contribution in [2.75, 3.05) is 40.0 Å². The topological polar surface area (TPSA) is 0 Å². The first-order valence-electron chi connectivity index (χ1n) is 3.38. The molecule has 0 saturated heterocycles. The molecular weight excluding hydrogens is 158 g/mol. The van der Waals surface area contributed by atoms with Crippen molar-refractivity contribution in [3.63, 3.8) is 0 Å². The van der Waals surface area contributed by atoms with E-state index in [4.69, 9.17) is 0 Å². The van der Waals surface area contributed by atoms with Crippen molar-refractivity contribution >= 4 is 24.7 Å². The summed E-state index contributed by atoms with van der Waals surface area (Å²) in [4.78, 5) is 0. The van der Waals surface area contributed by atoms with Gasteiger partial charge in [-0.1, -0.05) is 24.7 Å². The molecule has 0 spiro atoms. The van der Waals surface area contributed by atoms with E-state index >= 15 is 0 Å². The molecule has 0 heterocycles. The SMILES string of the molecule is CP(C)(C)=C=C=P(C)(C)C. The van der Waals surface area contributed by atoms with Crippen LogP contribution >= 0.6 is 13.8 Å². The predicted octanol–water partition coefficient (Wildman–Crippen LogP) is 2.16. The van der Waals surface area contributed by atoms with Crippen LogP contribution in [0.3, 0.4) is 0 Å². The van der Waals surface area contributed by atoms with Gasteiger partial charge in [0.15, 0.2) is 0 Å². The third-order valence-corrected chi connectivity index (χ3v) is 2.46. The molecule has 0 aliphatic heterocycles. The van der Waals surface area contributed by atoms with Crippen molar-refractivity contribution < 1.29 is 0 Å². The van der Waals surface area contributed by atoms with E-state index in [2.05, 4.69) is 50.9 Å². The maximum Gasteiger partial charge on any atom is -0.0378 e. The summed E-state index contributed by atoms with van der Waals surface area (Å²) in [5, 5.41) is 0. The first-order chi connectivity index (χ1) is 4.21. The largest absolute Gasteiger partial charge is 0.0783 e. The Labute approximate surface area is 65.3 Å². The van der Waals surface area contributed by atoms with E-state index in [-0.39, 0.29) is 0 Å². The summed E-state index contributed by atoms with van der Waals surface area (Å²) in [7, 11) is 0. The van der Waals surface area contributed by atoms with Gasteiger partial charge in [-0.15, -0.1) is 0 Å². The van der Waals surface area contributed by atoms with Crippen molar-refractivity contribution in [1.29, 1.82) is 0 Å². The van der Waals surface area contributed by atoms with Crippen LogP contribution in [0.4, 0.5) is 0 Å². The van der Waals surface area contributed by atoms with E-state index in [1.807, 2.05) is 0 Å². The molecule has 0 nitrogen and oxygen atoms in total. The highest BCUT2D eigenvalue weighted by Gasteiger charge is 1.90. The molecule has 0 aromatic carbocycles. The molecule has 10 heavy (non-hydrogen) atoms. The van der Waals surface area contributed by atoms with E-state index in [0.717, 1.165) is 0 Å². The average Bonchev–Trinajstić information content (AvgIpc) is 1.57. The first-order valence-corrected chi connectivity index (χ1v) is 9.64. The van der Waals surface area contributed by atoms with Gasteiger partial charge in [-0.25, -0.2) is 0 Å². The average molecular weight is 176 g/mol. The molecule has 0 radical (unpaired) electrons. The summed E-state index contributed by atoms with van der Waals surface area (Å²) in [6.07, 6.45) is 0. The van der Waals surface area contributed by atoms with E-state index in [9.17, 15) is 0 Å². The quantitative estimate of drug-likeness (QED) is 0.496. The van der Waals surface area contributed by atoms with Gasteiger partial charge in [0.25, 0.3) is 0 Å². The summed E-state index contributed by atoms with van der Waals surface area (Å²) >= 11 is 0. The summed E-state index contributed by atoms with van der Waals surface area (Å²) in [6.45, 7) is 11.9. The molecule has 60 valence electrons. The van der Waals surface area contributed by atoms with Crippen LogP contribution < -0.4 is 0 Å². The molecule has 0 atom stereocenters. The van der Waals surface area contributed by atoms with Crippen LogP contribution in [0.2, 0.25) is 0 Å². The molecule has 0 saturated carbocycles. The highest BCUT2D eigenvalue weighted by molar-refractivity contribution is 7.77. The Bertz CT molecular complexity index is 204. The second-order valence-electron chi connectivity index (χ2n) is 4.25. The Morgan fingerprint density at radius 1 is 0.600 bits per heavy atom. The van der Waals surface area contributed by atoms with Crippen LogP contribution in [-0.4, -0.2) is 50.9 Å². The summed E-state index contributed by atoms with van der Waals surface area (Å²) < 4.78 is 0. The third-order valence-electron chi connectivity index (χ3n) is 0.721. The Kier molecular flexibility index (Phi) is 3.35. The van der Waals surface area contributed by atoms with Gasteiger partial charge in [0.2, 0.25) is 0 Å². The normalized spacial score (nSPS) is 12.2. The van der Waals surface area contributed by atoms with E-state index < -0.39 is 13.8 Å². The Balaban J connectivity index is 5.28. The number of hydrogen-bond acceptors (Lipinski definition) is 0. The highest BCUT2D eigenvalue weighted by atomic mass is 31.2. The zero-order valence-corrected chi connectivity index (χ0v) is 9.68. The van der Waals surface area contributed by atoms with Crippen molar-refractivity contribution in [3.05, 3.63) is 0 Å². The smallest absolute Gasteiger partial charge is 0.0378 e. The van der Waals surface area contributed by atoms with Crippen molar-refractivity contribution in [2.24, 2.45) is 0 Å². The minimum atomic E-state index is -0.845. The molecular formula is C8H18P2. The van der Waals surface area contributed by atoms with Crippen LogP contribution in [0.5, 0.6) is 0 Å². The molecule has 0 rings (SSSR count). The van der Waals surface area contributed by atoms with Gasteiger partial charge in [0.1, 0.15) is 0 Å². The van der Waals surface area contributed by atoms with Crippen LogP contribution in [0.1, 0.15) is 0 Å². The second kappa shape index (κ2) is 3.21. The monoisotopic (exact) mass is 176 g/mol. The second-order valence-corrected chi connectivity index (χ2v) is 12.7. The van der Waals surface area contributed by atoms with Gasteiger partial charge in [-0.2, -0.15) is 0 Å². The number of hydrogen-bond donors (Lipinski definition) is 0. The molecule has 0 bridgehead atoms. The predicted molar refractivity (Wildman–Crippen MR) is 59.4 cm³/mol. The van der Waals surface area contributed by atoms with Gasteiger partial charge in [0, 0.05) is 0 Å². The van der Waals surface area contributed by atoms with Gasteiger partial charge >= 0.3 is 0 Å². The zero-order valence-electron chi connectivity index (χ0n) is 7.89. The fourth-order valence-corrected chi connectivity index (χ4v) is 2.70.